The fraction of sp³-hybridized carbons (Fsp3) is 0.125. The summed E-state index contributed by atoms with van der Waals surface area (Å²) in [6.07, 6.45) is 0. The van der Waals surface area contributed by atoms with Gasteiger partial charge in [-0.05, 0) is 35.9 Å². The van der Waals surface area contributed by atoms with Gasteiger partial charge in [0.25, 0.3) is 11.5 Å². The van der Waals surface area contributed by atoms with Crippen LogP contribution < -0.4 is 10.3 Å². The third-order valence-corrected chi connectivity index (χ3v) is 4.93. The van der Waals surface area contributed by atoms with E-state index in [2.05, 4.69) is 5.10 Å². The van der Waals surface area contributed by atoms with E-state index >= 15 is 0 Å². The first-order valence-corrected chi connectivity index (χ1v) is 9.54. The minimum Gasteiger partial charge on any atom is -0.497 e. The zero-order valence-corrected chi connectivity index (χ0v) is 16.8. The Morgan fingerprint density at radius 2 is 1.57 bits per heavy atom. The summed E-state index contributed by atoms with van der Waals surface area (Å²) in [5.74, 6) is 0.502. The highest BCUT2D eigenvalue weighted by molar-refractivity contribution is 6.04. The number of carbonyl (C=O) groups excluding carboxylic acids is 1. The number of rotatable bonds is 5. The lowest BCUT2D eigenvalue weighted by Gasteiger charge is -2.19. The van der Waals surface area contributed by atoms with Crippen molar-refractivity contribution >= 4 is 16.7 Å². The van der Waals surface area contributed by atoms with Gasteiger partial charge in [0, 0.05) is 19.0 Å². The van der Waals surface area contributed by atoms with Gasteiger partial charge in [-0.2, -0.15) is 9.78 Å². The Bertz CT molecular complexity index is 1250. The molecule has 0 atom stereocenters. The Balaban J connectivity index is 1.76. The smallest absolute Gasteiger partial charge is 0.279 e. The predicted molar refractivity (Wildman–Crippen MR) is 116 cm³/mol. The minimum absolute atomic E-state index is 0.241. The van der Waals surface area contributed by atoms with Crippen LogP contribution in [0.25, 0.3) is 16.5 Å². The van der Waals surface area contributed by atoms with E-state index in [9.17, 15) is 9.59 Å². The third-order valence-electron chi connectivity index (χ3n) is 4.93. The van der Waals surface area contributed by atoms with Crippen LogP contribution in [0.3, 0.4) is 0 Å². The van der Waals surface area contributed by atoms with Crippen LogP contribution in [0, 0.1) is 0 Å². The monoisotopic (exact) mass is 399 g/mol. The number of hydrogen-bond acceptors (Lipinski definition) is 4. The summed E-state index contributed by atoms with van der Waals surface area (Å²) < 4.78 is 6.47. The molecule has 0 aliphatic rings. The van der Waals surface area contributed by atoms with Gasteiger partial charge in [0.2, 0.25) is 0 Å². The van der Waals surface area contributed by atoms with Gasteiger partial charge in [-0.1, -0.05) is 48.5 Å². The lowest BCUT2D eigenvalue weighted by molar-refractivity contribution is 0.0779. The molecule has 1 heterocycles. The summed E-state index contributed by atoms with van der Waals surface area (Å²) in [6.45, 7) is 0.406. The van der Waals surface area contributed by atoms with Gasteiger partial charge in [0.1, 0.15) is 5.75 Å². The highest BCUT2D eigenvalue weighted by Crippen LogP contribution is 2.18. The SMILES string of the molecule is COc1ccc(CN(C)C(=O)c2nn(-c3ccccc3)c(=O)c3ccccc23)cc1. The molecule has 0 unspecified atom stereocenters. The van der Waals surface area contributed by atoms with E-state index in [4.69, 9.17) is 4.74 Å². The number of carbonyl (C=O) groups is 1. The first-order valence-electron chi connectivity index (χ1n) is 9.54. The van der Waals surface area contributed by atoms with E-state index in [-0.39, 0.29) is 17.2 Å². The quantitative estimate of drug-likeness (QED) is 0.514. The van der Waals surface area contributed by atoms with E-state index in [0.717, 1.165) is 11.3 Å². The molecular formula is C24H21N3O3. The molecule has 0 radical (unpaired) electrons. The molecule has 6 nitrogen and oxygen atoms in total. The molecule has 0 saturated heterocycles. The Morgan fingerprint density at radius 1 is 0.933 bits per heavy atom. The van der Waals surface area contributed by atoms with E-state index in [0.29, 0.717) is 23.0 Å². The van der Waals surface area contributed by atoms with Gasteiger partial charge in [0.15, 0.2) is 5.69 Å². The second-order valence-electron chi connectivity index (χ2n) is 6.96. The van der Waals surface area contributed by atoms with Crippen LogP contribution in [0.2, 0.25) is 0 Å². The van der Waals surface area contributed by atoms with Gasteiger partial charge in [0.05, 0.1) is 18.2 Å². The topological polar surface area (TPSA) is 64.4 Å². The number of fused-ring (bicyclic) bond motifs is 1. The van der Waals surface area contributed by atoms with Crippen molar-refractivity contribution in [2.75, 3.05) is 14.2 Å². The Labute approximate surface area is 174 Å². The maximum Gasteiger partial charge on any atom is 0.279 e. The van der Waals surface area contributed by atoms with Crippen LogP contribution in [-0.4, -0.2) is 34.7 Å². The number of methoxy groups -OCH3 is 1. The van der Waals surface area contributed by atoms with Crippen molar-refractivity contribution in [3.63, 3.8) is 0 Å². The van der Waals surface area contributed by atoms with Gasteiger partial charge in [-0.15, -0.1) is 0 Å². The molecule has 0 spiro atoms. The molecule has 0 bridgehead atoms. The van der Waals surface area contributed by atoms with Crippen molar-refractivity contribution in [3.05, 3.63) is 100 Å². The number of nitrogens with zero attached hydrogens (tertiary/aromatic N) is 3. The van der Waals surface area contributed by atoms with E-state index in [1.54, 1.807) is 55.5 Å². The largest absolute Gasteiger partial charge is 0.497 e. The molecular weight excluding hydrogens is 378 g/mol. The maximum absolute atomic E-state index is 13.3. The second kappa shape index (κ2) is 8.21. The number of para-hydroxylation sites is 1. The Hall–Kier alpha value is -3.93. The minimum atomic E-state index is -0.258. The molecule has 4 rings (SSSR count). The Morgan fingerprint density at radius 3 is 2.23 bits per heavy atom. The van der Waals surface area contributed by atoms with Crippen LogP contribution in [0.4, 0.5) is 0 Å². The summed E-state index contributed by atoms with van der Waals surface area (Å²) in [6, 6.07) is 23.7. The third kappa shape index (κ3) is 3.67. The lowest BCUT2D eigenvalue weighted by atomic mass is 10.1. The molecule has 0 saturated carbocycles. The lowest BCUT2D eigenvalue weighted by Crippen LogP contribution is -2.31. The van der Waals surface area contributed by atoms with Crippen LogP contribution in [-0.2, 0) is 6.54 Å². The highest BCUT2D eigenvalue weighted by Gasteiger charge is 2.20. The molecule has 6 heteroatoms. The molecule has 1 aromatic heterocycles. The van der Waals surface area contributed by atoms with Crippen molar-refractivity contribution in [2.45, 2.75) is 6.54 Å². The van der Waals surface area contributed by atoms with E-state index < -0.39 is 0 Å². The molecule has 0 fully saturated rings. The fourth-order valence-corrected chi connectivity index (χ4v) is 3.35. The van der Waals surface area contributed by atoms with Crippen molar-refractivity contribution in [1.29, 1.82) is 0 Å². The van der Waals surface area contributed by atoms with Crippen molar-refractivity contribution in [1.82, 2.24) is 14.7 Å². The number of benzene rings is 3. The van der Waals surface area contributed by atoms with Crippen LogP contribution in [0.5, 0.6) is 5.75 Å². The average molecular weight is 399 g/mol. The fourth-order valence-electron chi connectivity index (χ4n) is 3.35. The number of amides is 1. The van der Waals surface area contributed by atoms with Gasteiger partial charge >= 0.3 is 0 Å². The summed E-state index contributed by atoms with van der Waals surface area (Å²) in [5, 5.41) is 5.45. The van der Waals surface area contributed by atoms with Crippen LogP contribution in [0.15, 0.2) is 83.7 Å². The molecule has 30 heavy (non-hydrogen) atoms. The normalized spacial score (nSPS) is 10.7. The van der Waals surface area contributed by atoms with Crippen LogP contribution in [0.1, 0.15) is 16.1 Å². The number of ether oxygens (including phenoxy) is 1. The predicted octanol–water partition coefficient (Wildman–Crippen LogP) is 3.67. The van der Waals surface area contributed by atoms with Crippen LogP contribution >= 0.6 is 0 Å². The molecule has 0 N–H and O–H groups in total. The zero-order chi connectivity index (χ0) is 21.1. The van der Waals surface area contributed by atoms with Crippen molar-refractivity contribution in [2.24, 2.45) is 0 Å². The molecule has 4 aromatic rings. The molecule has 0 aliphatic heterocycles. The first kappa shape index (κ1) is 19.4. The molecule has 0 aliphatic carbocycles. The first-order chi connectivity index (χ1) is 14.6. The summed E-state index contributed by atoms with van der Waals surface area (Å²) in [5.41, 5.74) is 1.56. The van der Waals surface area contributed by atoms with E-state index in [1.807, 2.05) is 42.5 Å². The standard InChI is InChI=1S/C24H21N3O3/c1-26(16-17-12-14-19(30-2)15-13-17)24(29)22-20-10-6-7-11-21(20)23(28)27(25-22)18-8-4-3-5-9-18/h3-15H,16H2,1-2H3. The molecule has 150 valence electrons. The second-order valence-corrected chi connectivity index (χ2v) is 6.96. The number of hydrogen-bond donors (Lipinski definition) is 0. The summed E-state index contributed by atoms with van der Waals surface area (Å²) in [7, 11) is 3.34. The van der Waals surface area contributed by atoms with Gasteiger partial charge in [-0.25, -0.2) is 0 Å². The average Bonchev–Trinajstić information content (AvgIpc) is 2.80. The zero-order valence-electron chi connectivity index (χ0n) is 16.8. The van der Waals surface area contributed by atoms with Crippen molar-refractivity contribution < 1.29 is 9.53 Å². The molecule has 3 aromatic carbocycles. The Kier molecular flexibility index (Phi) is 5.30. The number of aromatic nitrogens is 2. The van der Waals surface area contributed by atoms with Gasteiger partial charge < -0.3 is 9.64 Å². The highest BCUT2D eigenvalue weighted by atomic mass is 16.5. The maximum atomic E-state index is 13.3. The molecule has 1 amide bonds. The van der Waals surface area contributed by atoms with Crippen molar-refractivity contribution in [3.8, 4) is 11.4 Å². The van der Waals surface area contributed by atoms with Gasteiger partial charge in [-0.3, -0.25) is 9.59 Å². The summed E-state index contributed by atoms with van der Waals surface area (Å²) in [4.78, 5) is 27.9. The summed E-state index contributed by atoms with van der Waals surface area (Å²) >= 11 is 0. The van der Waals surface area contributed by atoms with E-state index in [1.165, 1.54) is 4.68 Å².